The predicted molar refractivity (Wildman–Crippen MR) is 88.2 cm³/mol. The van der Waals surface area contributed by atoms with E-state index >= 15 is 0 Å². The van der Waals surface area contributed by atoms with E-state index in [0.717, 1.165) is 16.3 Å². The molecule has 0 saturated carbocycles. The smallest absolute Gasteiger partial charge is 0.243 e. The average Bonchev–Trinajstić information content (AvgIpc) is 3.08. The van der Waals surface area contributed by atoms with Gasteiger partial charge in [-0.2, -0.15) is 5.10 Å². The van der Waals surface area contributed by atoms with E-state index in [-0.39, 0.29) is 0 Å². The van der Waals surface area contributed by atoms with Crippen molar-refractivity contribution in [3.05, 3.63) is 51.5 Å². The van der Waals surface area contributed by atoms with Gasteiger partial charge in [-0.3, -0.25) is 0 Å². The van der Waals surface area contributed by atoms with Gasteiger partial charge in [0.25, 0.3) is 0 Å². The number of hydrogen-bond acceptors (Lipinski definition) is 5. The minimum absolute atomic E-state index is 0.541. The third-order valence-corrected chi connectivity index (χ3v) is 4.52. The second-order valence-corrected chi connectivity index (χ2v) is 6.34. The Bertz CT molecular complexity index is 667. The Hall–Kier alpha value is -2.01. The summed E-state index contributed by atoms with van der Waals surface area (Å²) in [5, 5.41) is 4.23. The molecule has 4 nitrogen and oxygen atoms in total. The van der Waals surface area contributed by atoms with Gasteiger partial charge in [0, 0.05) is 27.1 Å². The molecule has 2 aromatic heterocycles. The van der Waals surface area contributed by atoms with Gasteiger partial charge >= 0.3 is 0 Å². The van der Waals surface area contributed by atoms with Crippen molar-refractivity contribution < 1.29 is 0 Å². The molecule has 1 N–H and O–H groups in total. The largest absolute Gasteiger partial charge is 0.245 e. The van der Waals surface area contributed by atoms with E-state index in [9.17, 15) is 0 Å². The molecule has 21 heavy (non-hydrogen) atoms. The first-order chi connectivity index (χ1) is 10.2. The molecule has 3 rings (SSSR count). The summed E-state index contributed by atoms with van der Waals surface area (Å²) in [6.07, 6.45) is 8.81. The van der Waals surface area contributed by atoms with E-state index in [4.69, 9.17) is 0 Å². The van der Waals surface area contributed by atoms with Crippen molar-refractivity contribution in [3.8, 4) is 0 Å². The van der Waals surface area contributed by atoms with Crippen LogP contribution in [0.4, 0.5) is 5.95 Å². The molecule has 1 aliphatic rings. The van der Waals surface area contributed by atoms with Crippen molar-refractivity contribution in [2.75, 3.05) is 5.43 Å². The van der Waals surface area contributed by atoms with Crippen molar-refractivity contribution in [1.29, 1.82) is 0 Å². The lowest BCUT2D eigenvalue weighted by molar-refractivity contribution is 0.815. The summed E-state index contributed by atoms with van der Waals surface area (Å²) in [5.41, 5.74) is 4.77. The fourth-order valence-corrected chi connectivity index (χ4v) is 3.43. The lowest BCUT2D eigenvalue weighted by Crippen LogP contribution is -1.99. The topological polar surface area (TPSA) is 50.2 Å². The molecular formula is C16H18N4S. The molecule has 0 amide bonds. The maximum absolute atomic E-state index is 4.29. The van der Waals surface area contributed by atoms with Gasteiger partial charge in [0.2, 0.25) is 5.95 Å². The number of nitrogens with zero attached hydrogens (tertiary/aromatic N) is 3. The summed E-state index contributed by atoms with van der Waals surface area (Å²) in [6, 6.07) is 6.24. The van der Waals surface area contributed by atoms with Crippen LogP contribution in [0.25, 0.3) is 0 Å². The van der Waals surface area contributed by atoms with Crippen molar-refractivity contribution in [2.24, 2.45) is 5.10 Å². The van der Waals surface area contributed by atoms with Crippen LogP contribution >= 0.6 is 11.3 Å². The highest BCUT2D eigenvalue weighted by Gasteiger charge is 2.13. The first kappa shape index (κ1) is 13.9. The molecule has 0 aromatic carbocycles. The number of rotatable bonds is 4. The lowest BCUT2D eigenvalue weighted by Gasteiger charge is -2.02. The van der Waals surface area contributed by atoms with E-state index in [1.165, 1.54) is 17.7 Å². The highest BCUT2D eigenvalue weighted by atomic mass is 32.1. The number of nitrogens with one attached hydrogen (secondary N) is 1. The van der Waals surface area contributed by atoms with Gasteiger partial charge in [0.1, 0.15) is 0 Å². The Morgan fingerprint density at radius 1 is 1.29 bits per heavy atom. The molecule has 2 aromatic rings. The van der Waals surface area contributed by atoms with Crippen LogP contribution in [0.5, 0.6) is 0 Å². The molecule has 0 unspecified atom stereocenters. The van der Waals surface area contributed by atoms with E-state index in [1.54, 1.807) is 11.3 Å². The second-order valence-electron chi connectivity index (χ2n) is 5.20. The number of aryl methyl sites for hydroxylation is 2. The van der Waals surface area contributed by atoms with Gasteiger partial charge in [-0.15, -0.1) is 11.3 Å². The van der Waals surface area contributed by atoms with Crippen molar-refractivity contribution in [3.63, 3.8) is 0 Å². The number of hydrogen-bond donors (Lipinski definition) is 1. The summed E-state index contributed by atoms with van der Waals surface area (Å²) in [5.74, 6) is 1.13. The van der Waals surface area contributed by atoms with Crippen LogP contribution in [0.2, 0.25) is 0 Å². The first-order valence-electron chi connectivity index (χ1n) is 7.08. The van der Waals surface area contributed by atoms with Crippen LogP contribution < -0.4 is 5.43 Å². The summed E-state index contributed by atoms with van der Waals surface area (Å²) in [7, 11) is 0. The van der Waals surface area contributed by atoms with Gasteiger partial charge in [0.15, 0.2) is 0 Å². The molecule has 0 saturated heterocycles. The summed E-state index contributed by atoms with van der Waals surface area (Å²) < 4.78 is 0. The fourth-order valence-electron chi connectivity index (χ4n) is 2.44. The monoisotopic (exact) mass is 298 g/mol. The van der Waals surface area contributed by atoms with E-state index in [0.29, 0.717) is 11.9 Å². The highest BCUT2D eigenvalue weighted by molar-refractivity contribution is 7.13. The molecule has 108 valence electrons. The molecule has 0 spiro atoms. The standard InChI is InChI=1S/C16H18N4S/c1-11-9-12(2)19-16(18-11)20-17-10-14-7-8-15(21-14)13-5-3-4-6-13/h3,5,7-10,13H,4,6H2,1-2H3,(H,18,19,20)/b17-10-/t13-/m0/s1. The van der Waals surface area contributed by atoms with Gasteiger partial charge in [-0.1, -0.05) is 12.2 Å². The predicted octanol–water partition coefficient (Wildman–Crippen LogP) is 4.03. The summed E-state index contributed by atoms with van der Waals surface area (Å²) >= 11 is 1.79. The summed E-state index contributed by atoms with van der Waals surface area (Å²) in [6.45, 7) is 3.90. The zero-order chi connectivity index (χ0) is 14.7. The average molecular weight is 298 g/mol. The lowest BCUT2D eigenvalue weighted by atomic mass is 10.1. The van der Waals surface area contributed by atoms with E-state index in [2.05, 4.69) is 44.8 Å². The van der Waals surface area contributed by atoms with Crippen molar-refractivity contribution in [2.45, 2.75) is 32.6 Å². The maximum atomic E-state index is 4.29. The van der Waals surface area contributed by atoms with Gasteiger partial charge < -0.3 is 0 Å². The third-order valence-electron chi connectivity index (χ3n) is 3.36. The molecular weight excluding hydrogens is 280 g/mol. The molecule has 1 atom stereocenters. The van der Waals surface area contributed by atoms with Crippen LogP contribution in [-0.2, 0) is 0 Å². The van der Waals surface area contributed by atoms with Crippen molar-refractivity contribution in [1.82, 2.24) is 9.97 Å². The quantitative estimate of drug-likeness (QED) is 0.526. The number of anilines is 1. The van der Waals surface area contributed by atoms with E-state index < -0.39 is 0 Å². The van der Waals surface area contributed by atoms with Gasteiger partial charge in [-0.25, -0.2) is 15.4 Å². The Kier molecular flexibility index (Phi) is 4.10. The minimum Gasteiger partial charge on any atom is -0.245 e. The number of allylic oxidation sites excluding steroid dienone is 2. The Balaban J connectivity index is 1.64. The van der Waals surface area contributed by atoms with Crippen LogP contribution in [-0.4, -0.2) is 16.2 Å². The fraction of sp³-hybridized carbons (Fsp3) is 0.312. The Morgan fingerprint density at radius 3 is 2.81 bits per heavy atom. The molecule has 1 aliphatic carbocycles. The van der Waals surface area contributed by atoms with Crippen LogP contribution in [0.15, 0.2) is 35.5 Å². The highest BCUT2D eigenvalue weighted by Crippen LogP contribution is 2.32. The van der Waals surface area contributed by atoms with Gasteiger partial charge in [0.05, 0.1) is 6.21 Å². The van der Waals surface area contributed by atoms with Crippen LogP contribution in [0, 0.1) is 13.8 Å². The first-order valence-corrected chi connectivity index (χ1v) is 7.90. The van der Waals surface area contributed by atoms with E-state index in [1.807, 2.05) is 26.1 Å². The van der Waals surface area contributed by atoms with Crippen molar-refractivity contribution >= 4 is 23.5 Å². The zero-order valence-corrected chi connectivity index (χ0v) is 13.0. The number of aromatic nitrogens is 2. The van der Waals surface area contributed by atoms with Crippen LogP contribution in [0.3, 0.4) is 0 Å². The number of thiophene rings is 1. The van der Waals surface area contributed by atoms with Crippen LogP contribution in [0.1, 0.15) is 39.9 Å². The molecule has 2 heterocycles. The zero-order valence-electron chi connectivity index (χ0n) is 12.2. The molecule has 0 radical (unpaired) electrons. The maximum Gasteiger partial charge on any atom is 0.243 e. The summed E-state index contributed by atoms with van der Waals surface area (Å²) in [4.78, 5) is 11.1. The third kappa shape index (κ3) is 3.55. The molecule has 0 aliphatic heterocycles. The Morgan fingerprint density at radius 2 is 2.10 bits per heavy atom. The molecule has 0 fully saturated rings. The SMILES string of the molecule is Cc1cc(C)nc(N/N=C\c2ccc([C@H]3C=CCC3)s2)n1. The van der Waals surface area contributed by atoms with Gasteiger partial charge in [-0.05, 0) is 44.9 Å². The second kappa shape index (κ2) is 6.18. The molecule has 5 heteroatoms. The molecule has 0 bridgehead atoms. The number of hydrazone groups is 1. The normalized spacial score (nSPS) is 17.7. The Labute approximate surface area is 128 Å². The minimum atomic E-state index is 0.541.